The monoisotopic (exact) mass is 226 g/mol. The molecule has 0 aliphatic carbocycles. The Balaban J connectivity index is 2.15. The summed E-state index contributed by atoms with van der Waals surface area (Å²) in [5, 5.41) is 13.5. The van der Waals surface area contributed by atoms with Crippen molar-refractivity contribution < 1.29 is 19.4 Å². The van der Waals surface area contributed by atoms with E-state index < -0.39 is 12.1 Å². The molecule has 1 atom stereocenters. The Kier molecular flexibility index (Phi) is 3.09. The van der Waals surface area contributed by atoms with Gasteiger partial charge in [0.2, 0.25) is 5.88 Å². The molecule has 6 heteroatoms. The molecule has 0 saturated heterocycles. The number of hydrogen-bond acceptors (Lipinski definition) is 5. The fourth-order valence-electron chi connectivity index (χ4n) is 1.52. The molecule has 88 valence electrons. The maximum Gasteiger partial charge on any atom is 0.358 e. The van der Waals surface area contributed by atoms with Crippen molar-refractivity contribution in [2.45, 2.75) is 26.0 Å². The van der Waals surface area contributed by atoms with Gasteiger partial charge in [0.15, 0.2) is 5.69 Å². The van der Waals surface area contributed by atoms with Gasteiger partial charge < -0.3 is 14.6 Å². The van der Waals surface area contributed by atoms with Gasteiger partial charge in [0, 0.05) is 12.6 Å². The normalized spacial score (nSPS) is 19.5. The number of ether oxygens (including phenoxy) is 2. The Morgan fingerprint density at radius 2 is 2.62 bits per heavy atom. The highest BCUT2D eigenvalue weighted by molar-refractivity contribution is 5.87. The number of aryl methyl sites for hydroxylation is 1. The van der Waals surface area contributed by atoms with Crippen molar-refractivity contribution in [3.05, 3.63) is 11.8 Å². The molecular formula is C10H14N2O4. The molecule has 0 saturated carbocycles. The van der Waals surface area contributed by atoms with Gasteiger partial charge in [-0.2, -0.15) is 5.10 Å². The zero-order valence-electron chi connectivity index (χ0n) is 9.05. The molecule has 0 amide bonds. The Morgan fingerprint density at radius 1 is 1.81 bits per heavy atom. The van der Waals surface area contributed by atoms with E-state index in [-0.39, 0.29) is 12.3 Å². The average Bonchev–Trinajstić information content (AvgIpc) is 2.60. The van der Waals surface area contributed by atoms with E-state index in [0.717, 1.165) is 0 Å². The van der Waals surface area contributed by atoms with E-state index in [1.54, 1.807) is 11.6 Å². The largest absolute Gasteiger partial charge is 0.475 e. The third-order valence-electron chi connectivity index (χ3n) is 2.33. The van der Waals surface area contributed by atoms with Gasteiger partial charge in [0.05, 0.1) is 12.7 Å². The number of carbonyl (C=O) groups is 1. The van der Waals surface area contributed by atoms with Crippen molar-refractivity contribution in [2.24, 2.45) is 0 Å². The van der Waals surface area contributed by atoms with E-state index in [1.165, 1.54) is 6.07 Å². The lowest BCUT2D eigenvalue weighted by Crippen LogP contribution is -2.15. The molecule has 1 aliphatic heterocycles. The topological polar surface area (TPSA) is 73.6 Å². The third-order valence-corrected chi connectivity index (χ3v) is 2.33. The Hall–Kier alpha value is -1.56. The summed E-state index contributed by atoms with van der Waals surface area (Å²) >= 11 is 0. The summed E-state index contributed by atoms with van der Waals surface area (Å²) in [6, 6.07) is 1.54. The predicted octanol–water partition coefficient (Wildman–Crippen LogP) is 0.203. The lowest BCUT2D eigenvalue weighted by Gasteiger charge is -2.04. The lowest BCUT2D eigenvalue weighted by molar-refractivity contribution is 0.0518. The summed E-state index contributed by atoms with van der Waals surface area (Å²) in [5.74, 6) is 0.0480. The number of aromatic nitrogens is 2. The lowest BCUT2D eigenvalue weighted by atomic mass is 10.3. The molecule has 1 unspecified atom stereocenters. The molecule has 1 aliphatic rings. The molecule has 6 nitrogen and oxygen atoms in total. The number of esters is 1. The first-order valence-corrected chi connectivity index (χ1v) is 5.26. The Labute approximate surface area is 92.8 Å². The van der Waals surface area contributed by atoms with Gasteiger partial charge in [-0.1, -0.05) is 0 Å². The highest BCUT2D eigenvalue weighted by Crippen LogP contribution is 2.18. The molecule has 1 aromatic rings. The van der Waals surface area contributed by atoms with Gasteiger partial charge in [0.25, 0.3) is 0 Å². The summed E-state index contributed by atoms with van der Waals surface area (Å²) in [4.78, 5) is 11.4. The molecule has 0 fully saturated rings. The first kappa shape index (κ1) is 10.9. The second-order valence-corrected chi connectivity index (χ2v) is 3.56. The third kappa shape index (κ3) is 2.16. The summed E-state index contributed by atoms with van der Waals surface area (Å²) in [6.07, 6.45) is 0.0875. The van der Waals surface area contributed by atoms with Crippen molar-refractivity contribution in [2.75, 3.05) is 13.2 Å². The van der Waals surface area contributed by atoms with E-state index >= 15 is 0 Å². The van der Waals surface area contributed by atoms with Crippen LogP contribution >= 0.6 is 0 Å². The van der Waals surface area contributed by atoms with E-state index in [0.29, 0.717) is 25.5 Å². The molecule has 16 heavy (non-hydrogen) atoms. The zero-order chi connectivity index (χ0) is 11.5. The van der Waals surface area contributed by atoms with Crippen molar-refractivity contribution >= 4 is 5.97 Å². The van der Waals surface area contributed by atoms with Crippen LogP contribution in [0.3, 0.4) is 0 Å². The second kappa shape index (κ2) is 4.52. The molecule has 1 N–H and O–H groups in total. The highest BCUT2D eigenvalue weighted by atomic mass is 16.5. The molecule has 1 aromatic heterocycles. The van der Waals surface area contributed by atoms with Crippen LogP contribution in [-0.4, -0.2) is 40.2 Å². The summed E-state index contributed by atoms with van der Waals surface area (Å²) < 4.78 is 11.7. The number of hydrogen-bond donors (Lipinski definition) is 1. The highest BCUT2D eigenvalue weighted by Gasteiger charge is 2.20. The van der Waals surface area contributed by atoms with Crippen LogP contribution in [0.5, 0.6) is 5.88 Å². The van der Waals surface area contributed by atoms with Gasteiger partial charge in [-0.05, 0) is 13.3 Å². The van der Waals surface area contributed by atoms with Crippen LogP contribution < -0.4 is 4.74 Å². The maximum absolute atomic E-state index is 11.4. The van der Waals surface area contributed by atoms with Crippen LogP contribution in [0.1, 0.15) is 23.8 Å². The number of aliphatic hydroxyl groups is 1. The number of aliphatic hydroxyl groups excluding tert-OH is 1. The van der Waals surface area contributed by atoms with Crippen LogP contribution in [0.25, 0.3) is 0 Å². The number of rotatable bonds is 2. The first-order valence-electron chi connectivity index (χ1n) is 5.26. The number of nitrogens with zero attached hydrogens (tertiary/aromatic N) is 2. The summed E-state index contributed by atoms with van der Waals surface area (Å²) in [5.41, 5.74) is 0.244. The second-order valence-electron chi connectivity index (χ2n) is 3.56. The molecule has 0 radical (unpaired) electrons. The van der Waals surface area contributed by atoms with E-state index in [4.69, 9.17) is 9.47 Å². The average molecular weight is 226 g/mol. The molecule has 0 aromatic carbocycles. The van der Waals surface area contributed by atoms with Gasteiger partial charge in [-0.3, -0.25) is 0 Å². The van der Waals surface area contributed by atoms with Crippen LogP contribution in [0.15, 0.2) is 6.07 Å². The van der Waals surface area contributed by atoms with E-state index in [9.17, 15) is 9.90 Å². The quantitative estimate of drug-likeness (QED) is 0.729. The van der Waals surface area contributed by atoms with Crippen molar-refractivity contribution in [1.82, 2.24) is 9.78 Å². The molecule has 2 rings (SSSR count). The molecule has 2 heterocycles. The van der Waals surface area contributed by atoms with Crippen LogP contribution in [0, 0.1) is 0 Å². The van der Waals surface area contributed by atoms with Gasteiger partial charge in [-0.15, -0.1) is 0 Å². The minimum atomic E-state index is -0.479. The Morgan fingerprint density at radius 3 is 3.38 bits per heavy atom. The SMILES string of the molecule is CCOC(=O)c1cc2n(n1)CCC(O)CO2. The summed E-state index contributed by atoms with van der Waals surface area (Å²) in [7, 11) is 0. The maximum atomic E-state index is 11.4. The molecule has 0 spiro atoms. The number of fused-ring (bicyclic) bond motifs is 1. The van der Waals surface area contributed by atoms with E-state index in [2.05, 4.69) is 5.10 Å². The van der Waals surface area contributed by atoms with E-state index in [1.807, 2.05) is 0 Å². The van der Waals surface area contributed by atoms with Crippen LogP contribution in [0.2, 0.25) is 0 Å². The minimum absolute atomic E-state index is 0.230. The van der Waals surface area contributed by atoms with Crippen molar-refractivity contribution in [3.8, 4) is 5.88 Å². The Bertz CT molecular complexity index is 363. The predicted molar refractivity (Wildman–Crippen MR) is 54.3 cm³/mol. The van der Waals surface area contributed by atoms with Crippen LogP contribution in [0.4, 0.5) is 0 Å². The van der Waals surface area contributed by atoms with Gasteiger partial charge in [-0.25, -0.2) is 9.48 Å². The fraction of sp³-hybridized carbons (Fsp3) is 0.600. The summed E-state index contributed by atoms with van der Waals surface area (Å²) in [6.45, 7) is 2.83. The van der Waals surface area contributed by atoms with Gasteiger partial charge in [0.1, 0.15) is 6.61 Å². The molecular weight excluding hydrogens is 212 g/mol. The molecule has 0 bridgehead atoms. The van der Waals surface area contributed by atoms with Gasteiger partial charge >= 0.3 is 5.97 Å². The zero-order valence-corrected chi connectivity index (χ0v) is 9.05. The minimum Gasteiger partial charge on any atom is -0.475 e. The standard InChI is InChI=1S/C10H14N2O4/c1-2-15-10(14)8-5-9-12(11-8)4-3-7(13)6-16-9/h5,7,13H,2-4,6H2,1H3. The van der Waals surface area contributed by atoms with Crippen molar-refractivity contribution in [3.63, 3.8) is 0 Å². The number of carbonyl (C=O) groups excluding carboxylic acids is 1. The van der Waals surface area contributed by atoms with Crippen LogP contribution in [-0.2, 0) is 11.3 Å². The smallest absolute Gasteiger partial charge is 0.358 e. The fourth-order valence-corrected chi connectivity index (χ4v) is 1.52. The first-order chi connectivity index (χ1) is 7.70. The van der Waals surface area contributed by atoms with Crippen molar-refractivity contribution in [1.29, 1.82) is 0 Å².